The van der Waals surface area contributed by atoms with E-state index in [0.717, 1.165) is 5.65 Å². The first kappa shape index (κ1) is 14.4. The average molecular weight is 271 g/mol. The Hall–Kier alpha value is -1.98. The Morgan fingerprint density at radius 3 is 2.75 bits per heavy atom. The number of imidazole rings is 1. The number of carbonyl (C=O) groups is 1. The lowest BCUT2D eigenvalue weighted by molar-refractivity contribution is 0.0284. The van der Waals surface area contributed by atoms with Crippen LogP contribution < -0.4 is 5.59 Å². The van der Waals surface area contributed by atoms with Gasteiger partial charge in [-0.3, -0.25) is 0 Å². The highest BCUT2D eigenvalue weighted by molar-refractivity contribution is 6.32. The fraction of sp³-hybridized carbons (Fsp3) is 0.429. The number of hydrogen-bond acceptors (Lipinski definition) is 3. The van der Waals surface area contributed by atoms with Gasteiger partial charge in [0.05, 0.1) is 12.2 Å². The van der Waals surface area contributed by atoms with Gasteiger partial charge in [0.1, 0.15) is 19.1 Å². The van der Waals surface area contributed by atoms with Gasteiger partial charge in [-0.25, -0.2) is 9.78 Å². The lowest BCUT2D eigenvalue weighted by atomic mass is 10.0. The first-order valence-corrected chi connectivity index (χ1v) is 6.43. The summed E-state index contributed by atoms with van der Waals surface area (Å²) in [4.78, 5) is 17.8. The Bertz CT molecular complexity index is 631. The predicted molar refractivity (Wildman–Crippen MR) is 78.3 cm³/mol. The molecule has 0 N–H and O–H groups in total. The summed E-state index contributed by atoms with van der Waals surface area (Å²) in [7, 11) is 7.70. The molecule has 0 aliphatic rings. The van der Waals surface area contributed by atoms with Crippen LogP contribution >= 0.6 is 0 Å². The highest BCUT2D eigenvalue weighted by Crippen LogP contribution is 2.11. The van der Waals surface area contributed by atoms with Crippen molar-refractivity contribution in [2.24, 2.45) is 0 Å². The average Bonchev–Trinajstić information content (AvgIpc) is 2.65. The molecule has 0 unspecified atom stereocenters. The van der Waals surface area contributed by atoms with E-state index in [-0.39, 0.29) is 0 Å². The monoisotopic (exact) mass is 271 g/mol. The van der Waals surface area contributed by atoms with Crippen LogP contribution in [-0.2, 0) is 11.3 Å². The third-order valence-corrected chi connectivity index (χ3v) is 2.74. The van der Waals surface area contributed by atoms with Crippen molar-refractivity contribution in [1.82, 2.24) is 14.3 Å². The number of hydrogen-bond donors (Lipinski definition) is 0. The quantitative estimate of drug-likeness (QED) is 0.777. The van der Waals surface area contributed by atoms with Crippen LogP contribution in [0.15, 0.2) is 24.4 Å². The van der Waals surface area contributed by atoms with E-state index in [9.17, 15) is 4.79 Å². The minimum Gasteiger partial charge on any atom is -0.444 e. The summed E-state index contributed by atoms with van der Waals surface area (Å²) >= 11 is 0. The van der Waals surface area contributed by atoms with Gasteiger partial charge in [0, 0.05) is 13.2 Å². The number of nitrogens with zero attached hydrogens (tertiary/aromatic N) is 3. The maximum absolute atomic E-state index is 11.9. The summed E-state index contributed by atoms with van der Waals surface area (Å²) in [5.41, 5.74) is 1.44. The van der Waals surface area contributed by atoms with Crippen LogP contribution in [0.2, 0.25) is 0 Å². The topological polar surface area (TPSA) is 46.8 Å². The fourth-order valence-electron chi connectivity index (χ4n) is 1.81. The number of aromatic nitrogens is 2. The highest BCUT2D eigenvalue weighted by Gasteiger charge is 2.21. The van der Waals surface area contributed by atoms with Gasteiger partial charge in [0.15, 0.2) is 0 Å². The third kappa shape index (κ3) is 3.12. The zero-order chi connectivity index (χ0) is 14.9. The summed E-state index contributed by atoms with van der Waals surface area (Å²) in [5, 5.41) is 0. The van der Waals surface area contributed by atoms with Crippen LogP contribution in [0.4, 0.5) is 4.79 Å². The summed E-state index contributed by atoms with van der Waals surface area (Å²) in [6.45, 7) is 5.80. The molecular weight excluding hydrogens is 253 g/mol. The molecule has 0 atom stereocenters. The summed E-state index contributed by atoms with van der Waals surface area (Å²) in [6, 6.07) is 5.64. The van der Waals surface area contributed by atoms with Crippen molar-refractivity contribution < 1.29 is 9.53 Å². The Morgan fingerprint density at radius 1 is 1.45 bits per heavy atom. The van der Waals surface area contributed by atoms with Crippen molar-refractivity contribution in [2.45, 2.75) is 32.9 Å². The Kier molecular flexibility index (Phi) is 3.75. The maximum Gasteiger partial charge on any atom is 0.410 e. The molecule has 2 aromatic heterocycles. The number of fused-ring (bicyclic) bond motifs is 1. The van der Waals surface area contributed by atoms with E-state index in [1.807, 2.05) is 45.2 Å². The summed E-state index contributed by atoms with van der Waals surface area (Å²) in [6.07, 6.45) is 1.45. The van der Waals surface area contributed by atoms with Gasteiger partial charge in [-0.2, -0.15) is 0 Å². The first-order chi connectivity index (χ1) is 9.28. The lowest BCUT2D eigenvalue weighted by Crippen LogP contribution is -2.35. The van der Waals surface area contributed by atoms with Crippen LogP contribution in [0, 0.1) is 0 Å². The van der Waals surface area contributed by atoms with Crippen LogP contribution in [0.3, 0.4) is 0 Å². The Morgan fingerprint density at radius 2 is 2.15 bits per heavy atom. The molecule has 0 fully saturated rings. The third-order valence-electron chi connectivity index (χ3n) is 2.74. The molecule has 0 bridgehead atoms. The molecule has 1 amide bonds. The van der Waals surface area contributed by atoms with Gasteiger partial charge < -0.3 is 14.0 Å². The molecule has 2 aromatic rings. The van der Waals surface area contributed by atoms with E-state index in [0.29, 0.717) is 17.8 Å². The van der Waals surface area contributed by atoms with E-state index in [1.165, 1.54) is 4.90 Å². The van der Waals surface area contributed by atoms with Gasteiger partial charge in [-0.05, 0) is 38.5 Å². The van der Waals surface area contributed by atoms with Gasteiger partial charge in [0.2, 0.25) is 0 Å². The second-order valence-electron chi connectivity index (χ2n) is 5.71. The molecule has 6 heteroatoms. The van der Waals surface area contributed by atoms with Crippen molar-refractivity contribution in [3.8, 4) is 0 Å². The zero-order valence-electron chi connectivity index (χ0n) is 12.3. The zero-order valence-corrected chi connectivity index (χ0v) is 12.3. The molecule has 0 aliphatic carbocycles. The minimum atomic E-state index is -0.518. The Balaban J connectivity index is 2.16. The largest absolute Gasteiger partial charge is 0.444 e. The molecule has 2 heterocycles. The van der Waals surface area contributed by atoms with Crippen molar-refractivity contribution >= 4 is 25.2 Å². The molecule has 2 rings (SSSR count). The molecule has 20 heavy (non-hydrogen) atoms. The van der Waals surface area contributed by atoms with Crippen molar-refractivity contribution in [3.05, 3.63) is 30.1 Å². The van der Waals surface area contributed by atoms with Gasteiger partial charge in [0.25, 0.3) is 0 Å². The second-order valence-corrected chi connectivity index (χ2v) is 5.71. The lowest BCUT2D eigenvalue weighted by Gasteiger charge is -2.24. The van der Waals surface area contributed by atoms with Crippen LogP contribution in [0.25, 0.3) is 5.65 Å². The van der Waals surface area contributed by atoms with E-state index < -0.39 is 11.7 Å². The highest BCUT2D eigenvalue weighted by atomic mass is 16.6. The van der Waals surface area contributed by atoms with Gasteiger partial charge in [-0.15, -0.1) is 0 Å². The maximum atomic E-state index is 11.9. The molecule has 0 aliphatic heterocycles. The normalized spacial score (nSPS) is 11.6. The summed E-state index contributed by atoms with van der Waals surface area (Å²) < 4.78 is 7.09. The van der Waals surface area contributed by atoms with Crippen LogP contribution in [0.5, 0.6) is 0 Å². The molecule has 0 aromatic carbocycles. The molecule has 0 spiro atoms. The number of amides is 1. The van der Waals surface area contributed by atoms with E-state index in [1.54, 1.807) is 11.4 Å². The molecule has 2 radical (unpaired) electrons. The van der Waals surface area contributed by atoms with Gasteiger partial charge in [-0.1, -0.05) is 6.07 Å². The smallest absolute Gasteiger partial charge is 0.410 e. The van der Waals surface area contributed by atoms with Gasteiger partial charge >= 0.3 is 6.09 Å². The number of ether oxygens (including phenoxy) is 1. The standard InChI is InChI=1S/C14H18BN3O2/c1-14(2,3)20-13(19)17(4)9-10-12(15)18-8-6-5-7-11(18)16-10/h5-8H,9H2,1-4H3. The number of rotatable bonds is 2. The Labute approximate surface area is 120 Å². The van der Waals surface area contributed by atoms with Crippen molar-refractivity contribution in [3.63, 3.8) is 0 Å². The molecule has 0 saturated heterocycles. The van der Waals surface area contributed by atoms with E-state index in [4.69, 9.17) is 12.6 Å². The molecule has 0 saturated carbocycles. The van der Waals surface area contributed by atoms with E-state index in [2.05, 4.69) is 4.98 Å². The second kappa shape index (κ2) is 5.19. The van der Waals surface area contributed by atoms with Crippen LogP contribution in [0.1, 0.15) is 26.5 Å². The minimum absolute atomic E-state index is 0.308. The van der Waals surface area contributed by atoms with Crippen LogP contribution in [-0.4, -0.2) is 40.9 Å². The first-order valence-electron chi connectivity index (χ1n) is 6.43. The fourth-order valence-corrected chi connectivity index (χ4v) is 1.81. The van der Waals surface area contributed by atoms with E-state index >= 15 is 0 Å². The van der Waals surface area contributed by atoms with Crippen molar-refractivity contribution in [2.75, 3.05) is 7.05 Å². The number of pyridine rings is 1. The predicted octanol–water partition coefficient (Wildman–Crippen LogP) is 1.49. The molecule has 5 nitrogen and oxygen atoms in total. The van der Waals surface area contributed by atoms with Crippen molar-refractivity contribution in [1.29, 1.82) is 0 Å². The summed E-state index contributed by atoms with van der Waals surface area (Å²) in [5.74, 6) is 0. The number of carbonyl (C=O) groups excluding carboxylic acids is 1. The molecular formula is C14H18BN3O2. The molecule has 104 valence electrons. The SMILES string of the molecule is [B]c1c(CN(C)C(=O)OC(C)(C)C)nc2ccccn12.